The molecule has 1 aliphatic rings. The van der Waals surface area contributed by atoms with Crippen LogP contribution in [-0.4, -0.2) is 219 Å². The van der Waals surface area contributed by atoms with Gasteiger partial charge in [0.2, 0.25) is 70.9 Å². The lowest BCUT2D eigenvalue weighted by atomic mass is 9.99. The van der Waals surface area contributed by atoms with E-state index in [0.717, 1.165) is 0 Å². The van der Waals surface area contributed by atoms with E-state index in [2.05, 4.69) is 87.6 Å². The number of nitrogens with zero attached hydrogens (tertiary/aromatic N) is 1. The Morgan fingerprint density at radius 1 is 0.449 bits per heavy atom. The molecule has 39 heteroatoms. The van der Waals surface area contributed by atoms with Crippen molar-refractivity contribution in [3.8, 4) is 11.5 Å². The van der Waals surface area contributed by atoms with Gasteiger partial charge in [-0.25, -0.2) is 0 Å². The van der Waals surface area contributed by atoms with Gasteiger partial charge in [-0.1, -0.05) is 93.8 Å². The molecule has 4 rings (SSSR count). The first-order valence-electron chi connectivity index (χ1n) is 39.5. The first kappa shape index (κ1) is 97.8. The predicted octanol–water partition coefficient (Wildman–Crippen LogP) is -2.56. The largest absolute Gasteiger partial charge is 0.490 e. The third-order valence-corrected chi connectivity index (χ3v) is 18.6. The Balaban J connectivity index is 1.70. The molecule has 0 unspecified atom stereocenters. The fourth-order valence-corrected chi connectivity index (χ4v) is 12.8. The summed E-state index contributed by atoms with van der Waals surface area (Å²) in [4.78, 5) is 173. The first-order valence-corrected chi connectivity index (χ1v) is 39.5. The Morgan fingerprint density at radius 3 is 1.24 bits per heavy atom. The summed E-state index contributed by atoms with van der Waals surface area (Å²) in [6, 6.07) is 7.26. The molecule has 3 aromatic rings. The highest BCUT2D eigenvalue weighted by Gasteiger charge is 2.41. The average molecular weight is 1650 g/mol. The Morgan fingerprint density at radius 2 is 0.822 bits per heavy atom. The maximum atomic E-state index is 15.2. The fraction of sp³-hybridized carbons (Fsp3) is 0.519. The van der Waals surface area contributed by atoms with Gasteiger partial charge in [-0.2, -0.15) is 0 Å². The van der Waals surface area contributed by atoms with E-state index >= 15 is 14.4 Å². The van der Waals surface area contributed by atoms with E-state index in [9.17, 15) is 43.2 Å². The molecule has 648 valence electrons. The molecule has 3 aromatic carbocycles. The zero-order valence-corrected chi connectivity index (χ0v) is 67.8. The van der Waals surface area contributed by atoms with Crippen LogP contribution in [-0.2, 0) is 76.8 Å². The average Bonchev–Trinajstić information content (AvgIpc) is 1.70. The molecule has 39 nitrogen and oxygen atoms in total. The van der Waals surface area contributed by atoms with Crippen LogP contribution < -0.4 is 118 Å². The van der Waals surface area contributed by atoms with E-state index in [1.165, 1.54) is 18.7 Å². The van der Waals surface area contributed by atoms with Gasteiger partial charge in [0.05, 0.1) is 0 Å². The summed E-state index contributed by atoms with van der Waals surface area (Å²) in [5, 5.41) is 68.8. The second-order valence-corrected chi connectivity index (χ2v) is 29.0. The molecule has 0 saturated carbocycles. The minimum atomic E-state index is -1.51. The molecule has 1 saturated heterocycles. The number of rotatable bonds is 55. The van der Waals surface area contributed by atoms with Crippen LogP contribution in [0.25, 0.3) is 0 Å². The maximum Gasteiger partial charge on any atom is 0.245 e. The zero-order chi connectivity index (χ0) is 87.2. The van der Waals surface area contributed by atoms with Crippen molar-refractivity contribution in [1.82, 2.24) is 79.3 Å². The number of primary amides is 1. The predicted molar refractivity (Wildman–Crippen MR) is 445 cm³/mol. The van der Waals surface area contributed by atoms with E-state index in [0.29, 0.717) is 54.0 Å². The Labute approximate surface area is 688 Å². The second-order valence-electron chi connectivity index (χ2n) is 29.0. The lowest BCUT2D eigenvalue weighted by Gasteiger charge is -2.30. The molecule has 118 heavy (non-hydrogen) atoms. The van der Waals surface area contributed by atoms with E-state index < -0.39 is 155 Å². The van der Waals surface area contributed by atoms with Crippen molar-refractivity contribution in [3.05, 3.63) is 121 Å². The molecule has 0 radical (unpaired) electrons. The third-order valence-electron chi connectivity index (χ3n) is 18.6. The van der Waals surface area contributed by atoms with Crippen LogP contribution in [0.4, 0.5) is 0 Å². The molecule has 1 aliphatic heterocycles. The van der Waals surface area contributed by atoms with Crippen LogP contribution in [0.5, 0.6) is 11.5 Å². The van der Waals surface area contributed by atoms with Crippen LogP contribution in [0.2, 0.25) is 0 Å². The molecule has 1 fully saturated rings. The zero-order valence-electron chi connectivity index (χ0n) is 67.8. The number of ether oxygens (including phenoxy) is 2. The number of likely N-dealkylation sites (tertiary alicyclic amines) is 1. The van der Waals surface area contributed by atoms with E-state index in [1.807, 2.05) is 0 Å². The number of nitrogens with two attached hydrogens (primary N) is 6. The van der Waals surface area contributed by atoms with Crippen LogP contribution in [0.15, 0.2) is 104 Å². The summed E-state index contributed by atoms with van der Waals surface area (Å²) in [6.07, 6.45) is 4.43. The van der Waals surface area contributed by atoms with E-state index in [1.54, 1.807) is 105 Å². The van der Waals surface area contributed by atoms with Crippen molar-refractivity contribution in [1.29, 1.82) is 21.6 Å². The summed E-state index contributed by atoms with van der Waals surface area (Å²) in [5.74, 6) is -10.6. The first-order chi connectivity index (χ1) is 56.2. The summed E-state index contributed by atoms with van der Waals surface area (Å²) in [7, 11) is 0. The third kappa shape index (κ3) is 37.4. The smallest absolute Gasteiger partial charge is 0.245 e. The van der Waals surface area contributed by atoms with Crippen molar-refractivity contribution in [2.75, 3.05) is 52.5 Å². The van der Waals surface area contributed by atoms with E-state index in [-0.39, 0.29) is 148 Å². The van der Waals surface area contributed by atoms with Crippen LogP contribution in [0, 0.1) is 27.6 Å². The Hall–Kier alpha value is -12.6. The molecule has 0 bridgehead atoms. The number of unbranched alkanes of at least 4 members (excludes halogenated alkanes) is 1. The highest BCUT2D eigenvalue weighted by Crippen LogP contribution is 2.23. The standard InChI is InChI=1S/C79H123N25O14/c1-7-39-117-53-25-14-23-51(42-53)45-61(95-49(6)105)71(112)103-63(46-52-24-15-26-54(43-52)118-40-8-2)73(114)102-62(44-50-21-10-9-11-22-50)72(113)99-58(30-18-36-92-78(86)87)69(110)101-60(41-47(3)4)70(111)98-57(29-17-35-91-77(84)85)68(109)97-56(28-16-34-90-76(82)83)67(108)94-48(5)66(107)100-59(31-19-37-93-79(88)89)75(116)104-38-20-32-64(104)74(115)96-55(65(81)106)27-12-13-33-80/h7-11,14-15,21-26,42-43,47-48,55-64H,1-2,12-13,16-20,27-41,44-46,80H2,3-6H3,(H2,81,106)(H,94,108)(H,95,105)(H,96,115)(H,97,109)(H,98,111)(H,99,113)(H,100,107)(H,101,110)(H,102,114)(H,103,112)(H4,82,83,90)(H4,84,85,91)(H4,86,87,92)(H4,88,89,93)/t48-,55+,56+,57+,58+,59+,60+,61+,62+,63+,64+/m1/s1. The topological polar surface area (TPSA) is 646 Å². The molecular formula is C79H123N25O14. The summed E-state index contributed by atoms with van der Waals surface area (Å²) < 4.78 is 11.5. The SMILES string of the molecule is C=CCOc1cccc(C[C@H](NC(C)=O)C(=O)N[C@@H](Cc2cccc(OCC=C)c2)C(=O)N[C@@H](Cc2ccccc2)C(=O)N[C@@H](CCCNC(=N)N)C(=O)N[C@@H](CC(C)C)C(=O)N[C@@H](CCCNC(=N)N)C(=O)N[C@@H](CCCNC(=N)N)C(=O)N[C@H](C)C(=O)N[C@@H](CCCNC(=N)N)C(=O)N2CCC[C@H]2C(=O)N[C@@H](CCCCN)C(N)=O)c1. The van der Waals surface area contributed by atoms with Gasteiger partial charge in [-0.15, -0.1) is 0 Å². The van der Waals surface area contributed by atoms with Crippen LogP contribution >= 0.6 is 0 Å². The quantitative estimate of drug-likeness (QED) is 0.0120. The van der Waals surface area contributed by atoms with Crippen molar-refractivity contribution >= 4 is 94.7 Å². The molecular weight excluding hydrogens is 1520 g/mol. The summed E-state index contributed by atoms with van der Waals surface area (Å²) >= 11 is 0. The number of carbonyl (C=O) groups is 12. The van der Waals surface area contributed by atoms with Crippen molar-refractivity contribution in [2.45, 2.75) is 203 Å². The number of hydrogen-bond acceptors (Lipinski definition) is 19. The number of nitrogens with one attached hydrogen (secondary N) is 18. The van der Waals surface area contributed by atoms with Gasteiger partial charge in [0.1, 0.15) is 91.2 Å². The number of benzene rings is 3. The monoisotopic (exact) mass is 1650 g/mol. The van der Waals surface area contributed by atoms with Gasteiger partial charge in [-0.3, -0.25) is 79.2 Å². The Kier molecular flexibility index (Phi) is 43.8. The Bertz CT molecular complexity index is 3890. The molecule has 11 atom stereocenters. The number of hydrogen-bond donors (Lipinski definition) is 24. The summed E-state index contributed by atoms with van der Waals surface area (Å²) in [6.45, 7) is 14.5. The number of carbonyl (C=O) groups excluding carboxylic acids is 12. The van der Waals surface area contributed by atoms with Crippen LogP contribution in [0.1, 0.15) is 134 Å². The number of amides is 12. The molecule has 0 aliphatic carbocycles. The minimum Gasteiger partial charge on any atom is -0.490 e. The van der Waals surface area contributed by atoms with Crippen LogP contribution in [0.3, 0.4) is 0 Å². The van der Waals surface area contributed by atoms with E-state index in [4.69, 9.17) is 65.5 Å². The van der Waals surface area contributed by atoms with Crippen molar-refractivity contribution in [2.24, 2.45) is 40.3 Å². The van der Waals surface area contributed by atoms with Gasteiger partial charge >= 0.3 is 0 Å². The molecule has 1 heterocycles. The van der Waals surface area contributed by atoms with Crippen molar-refractivity contribution < 1.29 is 67.0 Å². The van der Waals surface area contributed by atoms with Gasteiger partial charge in [0.15, 0.2) is 23.8 Å². The van der Waals surface area contributed by atoms with Gasteiger partial charge in [-0.05, 0) is 150 Å². The normalized spacial score (nSPS) is 14.7. The maximum absolute atomic E-state index is 15.2. The molecule has 0 aromatic heterocycles. The minimum absolute atomic E-state index is 0.0187. The molecule has 12 amide bonds. The lowest BCUT2D eigenvalue weighted by Crippen LogP contribution is -2.61. The molecule has 30 N–H and O–H groups in total. The lowest BCUT2D eigenvalue weighted by molar-refractivity contribution is -0.142. The molecule has 0 spiro atoms. The summed E-state index contributed by atoms with van der Waals surface area (Å²) in [5.41, 5.74) is 35.3. The fourth-order valence-electron chi connectivity index (χ4n) is 12.8. The second kappa shape index (κ2) is 52.8. The highest BCUT2D eigenvalue weighted by atomic mass is 16.5. The van der Waals surface area contributed by atoms with Gasteiger partial charge < -0.3 is 123 Å². The number of guanidine groups is 4. The van der Waals surface area contributed by atoms with Crippen molar-refractivity contribution in [3.63, 3.8) is 0 Å². The van der Waals surface area contributed by atoms with Gasteiger partial charge in [0, 0.05) is 58.9 Å². The van der Waals surface area contributed by atoms with Gasteiger partial charge in [0.25, 0.3) is 0 Å². The highest BCUT2D eigenvalue weighted by molar-refractivity contribution is 6.00.